The second kappa shape index (κ2) is 8.24. The van der Waals surface area contributed by atoms with Crippen LogP contribution < -0.4 is 10.1 Å². The Labute approximate surface area is 180 Å². The Bertz CT molecular complexity index is 1030. The van der Waals surface area contributed by atoms with Crippen LogP contribution in [0.4, 0.5) is 0 Å². The van der Waals surface area contributed by atoms with Gasteiger partial charge in [-0.3, -0.25) is 4.98 Å². The highest BCUT2D eigenvalue weighted by Gasteiger charge is 2.37. The fourth-order valence-corrected chi connectivity index (χ4v) is 5.78. The molecule has 0 unspecified atom stereocenters. The van der Waals surface area contributed by atoms with Crippen molar-refractivity contribution >= 4 is 11.8 Å². The molecule has 1 aliphatic carbocycles. The van der Waals surface area contributed by atoms with Crippen molar-refractivity contribution in [3.63, 3.8) is 0 Å². The number of phenolic OH excluding ortho intramolecular Hbond substituents is 1. The van der Waals surface area contributed by atoms with Gasteiger partial charge >= 0.3 is 0 Å². The van der Waals surface area contributed by atoms with E-state index in [0.29, 0.717) is 22.4 Å². The number of nitrogens with one attached hydrogen (secondary N) is 1. The molecule has 0 amide bonds. The molecule has 1 saturated heterocycles. The molecule has 3 heterocycles. The van der Waals surface area contributed by atoms with Gasteiger partial charge in [0, 0.05) is 23.1 Å². The van der Waals surface area contributed by atoms with E-state index in [1.165, 1.54) is 12.8 Å². The number of aromatic hydroxyl groups is 1. The molecule has 7 heteroatoms. The number of hydrogen-bond donors (Lipinski definition) is 2. The van der Waals surface area contributed by atoms with Crippen molar-refractivity contribution in [1.82, 2.24) is 20.3 Å². The number of nitrogens with zero attached hydrogens (tertiary/aromatic N) is 3. The Morgan fingerprint density at radius 2 is 1.80 bits per heavy atom. The van der Waals surface area contributed by atoms with Gasteiger partial charge < -0.3 is 15.2 Å². The summed E-state index contributed by atoms with van der Waals surface area (Å²) in [4.78, 5) is 13.3. The van der Waals surface area contributed by atoms with Gasteiger partial charge in [-0.15, -0.1) is 11.8 Å². The number of phenols is 1. The first-order chi connectivity index (χ1) is 14.7. The second-order valence-corrected chi connectivity index (χ2v) is 9.27. The van der Waals surface area contributed by atoms with Crippen LogP contribution in [-0.4, -0.2) is 45.5 Å². The van der Waals surface area contributed by atoms with Crippen LogP contribution in [0.2, 0.25) is 0 Å². The maximum absolute atomic E-state index is 10.6. The van der Waals surface area contributed by atoms with Crippen LogP contribution in [-0.2, 0) is 0 Å². The number of thioether (sulfide) groups is 1. The molecule has 3 aromatic rings. The van der Waals surface area contributed by atoms with Crippen LogP contribution in [0.5, 0.6) is 11.6 Å². The largest absolute Gasteiger partial charge is 0.507 e. The van der Waals surface area contributed by atoms with Gasteiger partial charge in [0.1, 0.15) is 10.8 Å². The molecule has 0 radical (unpaired) electrons. The highest BCUT2D eigenvalue weighted by molar-refractivity contribution is 7.99. The van der Waals surface area contributed by atoms with E-state index in [2.05, 4.69) is 20.3 Å². The van der Waals surface area contributed by atoms with Crippen molar-refractivity contribution in [1.29, 1.82) is 0 Å². The Balaban J connectivity index is 1.30. The van der Waals surface area contributed by atoms with Crippen molar-refractivity contribution in [2.75, 3.05) is 20.2 Å². The minimum absolute atomic E-state index is 0.175. The second-order valence-electron chi connectivity index (χ2n) is 7.95. The molecule has 0 bridgehead atoms. The summed E-state index contributed by atoms with van der Waals surface area (Å²) in [5.41, 5.74) is 3.16. The minimum atomic E-state index is 0.175. The quantitative estimate of drug-likeness (QED) is 0.645. The molecule has 2 aromatic heterocycles. The maximum Gasteiger partial charge on any atom is 0.213 e. The average Bonchev–Trinajstić information content (AvgIpc) is 3.36. The molecule has 1 aromatic carbocycles. The van der Waals surface area contributed by atoms with Crippen LogP contribution in [0.25, 0.3) is 22.4 Å². The fourth-order valence-electron chi connectivity index (χ4n) is 4.52. The van der Waals surface area contributed by atoms with E-state index in [9.17, 15) is 5.11 Å². The molecule has 2 N–H and O–H groups in total. The normalized spacial score (nSPS) is 22.8. The first kappa shape index (κ1) is 19.3. The van der Waals surface area contributed by atoms with Gasteiger partial charge in [-0.25, -0.2) is 9.97 Å². The zero-order chi connectivity index (χ0) is 20.5. The molecule has 1 saturated carbocycles. The van der Waals surface area contributed by atoms with Gasteiger partial charge in [-0.1, -0.05) is 6.07 Å². The van der Waals surface area contributed by atoms with Gasteiger partial charge in [-0.05, 0) is 67.1 Å². The zero-order valence-corrected chi connectivity index (χ0v) is 17.6. The molecule has 1 aliphatic heterocycles. The zero-order valence-electron chi connectivity index (χ0n) is 16.8. The highest BCUT2D eigenvalue weighted by atomic mass is 32.2. The molecule has 6 nitrogen and oxygen atoms in total. The van der Waals surface area contributed by atoms with Crippen molar-refractivity contribution < 1.29 is 9.84 Å². The lowest BCUT2D eigenvalue weighted by Gasteiger charge is -2.11. The summed E-state index contributed by atoms with van der Waals surface area (Å²) in [5.74, 6) is 2.36. The van der Waals surface area contributed by atoms with Crippen molar-refractivity contribution in [2.45, 2.75) is 23.1 Å². The minimum Gasteiger partial charge on any atom is -0.507 e. The lowest BCUT2D eigenvalue weighted by molar-refractivity contribution is 0.398. The van der Waals surface area contributed by atoms with Gasteiger partial charge in [0.2, 0.25) is 5.88 Å². The van der Waals surface area contributed by atoms with Gasteiger partial charge in [-0.2, -0.15) is 0 Å². The predicted octanol–water partition coefficient (Wildman–Crippen LogP) is 4.01. The number of pyridine rings is 1. The molecule has 0 spiro atoms. The van der Waals surface area contributed by atoms with E-state index in [-0.39, 0.29) is 5.75 Å². The number of aromatic nitrogens is 3. The SMILES string of the molecule is COc1cc(-c2ccc(-c3cnc(S[C@@H]4C[C@H]5CNC[C@H]5C4)cn3)c(O)c2)ccn1. The monoisotopic (exact) mass is 420 g/mol. The fraction of sp³-hybridized carbons (Fsp3) is 0.348. The molecule has 3 atom stereocenters. The Morgan fingerprint density at radius 1 is 1.00 bits per heavy atom. The molecule has 5 rings (SSSR count). The molecule has 154 valence electrons. The lowest BCUT2D eigenvalue weighted by Crippen LogP contribution is -2.12. The van der Waals surface area contributed by atoms with E-state index in [1.807, 2.05) is 42.2 Å². The Morgan fingerprint density at radius 3 is 2.50 bits per heavy atom. The summed E-state index contributed by atoms with van der Waals surface area (Å²) in [7, 11) is 1.59. The molecule has 30 heavy (non-hydrogen) atoms. The molecular formula is C23H24N4O2S. The summed E-state index contributed by atoms with van der Waals surface area (Å²) in [6.45, 7) is 2.32. The van der Waals surface area contributed by atoms with Gasteiger partial charge in [0.25, 0.3) is 0 Å². The first-order valence-corrected chi connectivity index (χ1v) is 11.1. The summed E-state index contributed by atoms with van der Waals surface area (Å²) >= 11 is 1.84. The molecule has 2 aliphatic rings. The van der Waals surface area contributed by atoms with Gasteiger partial charge in [0.15, 0.2) is 0 Å². The van der Waals surface area contributed by atoms with Crippen LogP contribution in [0, 0.1) is 11.8 Å². The summed E-state index contributed by atoms with van der Waals surface area (Å²) < 4.78 is 5.18. The van der Waals surface area contributed by atoms with Crippen molar-refractivity contribution in [2.24, 2.45) is 11.8 Å². The van der Waals surface area contributed by atoms with E-state index in [4.69, 9.17) is 4.74 Å². The standard InChI is InChI=1S/C23H24N4O2S/c1-29-22-9-15(4-5-25-22)14-2-3-19(21(28)8-14)20-12-27-23(13-26-20)30-18-6-16-10-24-11-17(16)7-18/h2-5,8-9,12-13,16-18,24,28H,6-7,10-11H2,1H3/t16-,17+,18+. The number of fused-ring (bicyclic) bond motifs is 1. The van der Waals surface area contributed by atoms with Crippen LogP contribution in [0.3, 0.4) is 0 Å². The third kappa shape index (κ3) is 3.87. The van der Waals surface area contributed by atoms with E-state index < -0.39 is 0 Å². The lowest BCUT2D eigenvalue weighted by atomic mass is 10.0. The van der Waals surface area contributed by atoms with E-state index >= 15 is 0 Å². The molecular weight excluding hydrogens is 396 g/mol. The molecule has 2 fully saturated rings. The van der Waals surface area contributed by atoms with E-state index in [1.54, 1.807) is 25.6 Å². The van der Waals surface area contributed by atoms with Crippen molar-refractivity contribution in [3.8, 4) is 34.0 Å². The smallest absolute Gasteiger partial charge is 0.213 e. The third-order valence-electron chi connectivity index (χ3n) is 6.08. The summed E-state index contributed by atoms with van der Waals surface area (Å²) in [6.07, 6.45) is 7.79. The van der Waals surface area contributed by atoms with Crippen LogP contribution in [0.1, 0.15) is 12.8 Å². The number of methoxy groups -OCH3 is 1. The number of benzene rings is 1. The van der Waals surface area contributed by atoms with E-state index in [0.717, 1.165) is 41.1 Å². The number of rotatable bonds is 5. The van der Waals surface area contributed by atoms with Gasteiger partial charge in [0.05, 0.1) is 25.2 Å². The third-order valence-corrected chi connectivity index (χ3v) is 7.25. The Kier molecular flexibility index (Phi) is 5.31. The number of hydrogen-bond acceptors (Lipinski definition) is 7. The average molecular weight is 421 g/mol. The topological polar surface area (TPSA) is 80.2 Å². The Hall–Kier alpha value is -2.64. The number of ether oxygens (including phenoxy) is 1. The van der Waals surface area contributed by atoms with Crippen LogP contribution >= 0.6 is 11.8 Å². The maximum atomic E-state index is 10.6. The van der Waals surface area contributed by atoms with Crippen LogP contribution in [0.15, 0.2) is 53.9 Å². The highest BCUT2D eigenvalue weighted by Crippen LogP contribution is 2.42. The summed E-state index contributed by atoms with van der Waals surface area (Å²) in [5, 5.41) is 15.7. The van der Waals surface area contributed by atoms with Crippen molar-refractivity contribution in [3.05, 3.63) is 48.9 Å². The first-order valence-electron chi connectivity index (χ1n) is 10.2. The summed E-state index contributed by atoms with van der Waals surface area (Å²) in [6, 6.07) is 9.29. The predicted molar refractivity (Wildman–Crippen MR) is 118 cm³/mol.